The molecule has 0 unspecified atom stereocenters. The smallest absolute Gasteiger partial charge is 0.318 e. The van der Waals surface area contributed by atoms with E-state index in [9.17, 15) is 9.59 Å². The van der Waals surface area contributed by atoms with Crippen LogP contribution in [0.15, 0.2) is 11.8 Å². The predicted octanol–water partition coefficient (Wildman–Crippen LogP) is 4.55. The van der Waals surface area contributed by atoms with Crippen molar-refractivity contribution in [2.45, 2.75) is 78.6 Å². The highest BCUT2D eigenvalue weighted by atomic mass is 16.5. The van der Waals surface area contributed by atoms with Crippen LogP contribution in [0.3, 0.4) is 0 Å². The molecular weight excluding hydrogens is 252 g/mol. The Morgan fingerprint density at radius 1 is 1.30 bits per heavy atom. The van der Waals surface area contributed by atoms with E-state index in [1.54, 1.807) is 0 Å². The topological polar surface area (TPSA) is 43.4 Å². The molecular formula is C17H28O3. The van der Waals surface area contributed by atoms with Gasteiger partial charge in [-0.25, -0.2) is 0 Å². The van der Waals surface area contributed by atoms with E-state index in [1.807, 2.05) is 6.08 Å². The average molecular weight is 280 g/mol. The van der Waals surface area contributed by atoms with Gasteiger partial charge >= 0.3 is 5.97 Å². The summed E-state index contributed by atoms with van der Waals surface area (Å²) in [6, 6.07) is 0. The number of esters is 1. The standard InChI is InChI=1S/C17H28O3/c1-4-5-11-17(2,3)13-14(18)12-16(19)20-15-9-7-6-8-10-15/h9H,4-8,10-13H2,1-3H3. The molecule has 0 aromatic heterocycles. The lowest BCUT2D eigenvalue weighted by atomic mass is 9.82. The first kappa shape index (κ1) is 16.9. The summed E-state index contributed by atoms with van der Waals surface area (Å²) in [5, 5.41) is 0. The molecule has 3 heteroatoms. The van der Waals surface area contributed by atoms with Crippen molar-refractivity contribution < 1.29 is 14.3 Å². The van der Waals surface area contributed by atoms with E-state index in [0.29, 0.717) is 6.42 Å². The Balaban J connectivity index is 2.33. The summed E-state index contributed by atoms with van der Waals surface area (Å²) in [7, 11) is 0. The number of Topliss-reactive ketones (excluding diaryl/α,β-unsaturated/α-hetero) is 1. The van der Waals surface area contributed by atoms with Crippen molar-refractivity contribution in [1.82, 2.24) is 0 Å². The maximum atomic E-state index is 12.0. The minimum absolute atomic E-state index is 0.00693. The Kier molecular flexibility index (Phi) is 6.97. The summed E-state index contributed by atoms with van der Waals surface area (Å²) in [5.74, 6) is 0.348. The molecule has 1 rings (SSSR count). The molecule has 0 heterocycles. The molecule has 0 bridgehead atoms. The second-order valence-corrected chi connectivity index (χ2v) is 6.55. The fraction of sp³-hybridized carbons (Fsp3) is 0.765. The van der Waals surface area contributed by atoms with E-state index < -0.39 is 5.97 Å². The van der Waals surface area contributed by atoms with E-state index in [1.165, 1.54) is 0 Å². The van der Waals surface area contributed by atoms with Crippen LogP contribution in [0.1, 0.15) is 78.6 Å². The number of carbonyl (C=O) groups is 2. The fourth-order valence-electron chi connectivity index (χ4n) is 2.58. The minimum atomic E-state index is -0.394. The van der Waals surface area contributed by atoms with Crippen LogP contribution in [0.25, 0.3) is 0 Å². The van der Waals surface area contributed by atoms with Crippen molar-refractivity contribution >= 4 is 11.8 Å². The Labute approximate surface area is 122 Å². The number of hydrogen-bond donors (Lipinski definition) is 0. The van der Waals surface area contributed by atoms with Crippen LogP contribution in [0.4, 0.5) is 0 Å². The lowest BCUT2D eigenvalue weighted by Gasteiger charge is -2.23. The molecule has 0 atom stereocenters. The molecule has 0 amide bonds. The Bertz CT molecular complexity index is 366. The van der Waals surface area contributed by atoms with E-state index in [4.69, 9.17) is 4.74 Å². The van der Waals surface area contributed by atoms with E-state index in [2.05, 4.69) is 20.8 Å². The highest BCUT2D eigenvalue weighted by molar-refractivity contribution is 5.96. The quantitative estimate of drug-likeness (QED) is 0.484. The molecule has 0 saturated heterocycles. The lowest BCUT2D eigenvalue weighted by Crippen LogP contribution is -2.20. The number of ether oxygens (including phenoxy) is 1. The predicted molar refractivity (Wildman–Crippen MR) is 80.2 cm³/mol. The monoisotopic (exact) mass is 280 g/mol. The maximum absolute atomic E-state index is 12.0. The van der Waals surface area contributed by atoms with Gasteiger partial charge in [0, 0.05) is 12.8 Å². The largest absolute Gasteiger partial charge is 0.431 e. The summed E-state index contributed by atoms with van der Waals surface area (Å²) >= 11 is 0. The van der Waals surface area contributed by atoms with E-state index >= 15 is 0 Å². The molecule has 20 heavy (non-hydrogen) atoms. The van der Waals surface area contributed by atoms with Crippen LogP contribution in [0.2, 0.25) is 0 Å². The molecule has 0 N–H and O–H groups in total. The van der Waals surface area contributed by atoms with Gasteiger partial charge in [0.05, 0.1) is 0 Å². The second-order valence-electron chi connectivity index (χ2n) is 6.55. The van der Waals surface area contributed by atoms with Gasteiger partial charge in [-0.05, 0) is 37.2 Å². The van der Waals surface area contributed by atoms with Gasteiger partial charge in [-0.1, -0.05) is 33.6 Å². The number of ketones is 1. The van der Waals surface area contributed by atoms with Gasteiger partial charge in [0.2, 0.25) is 0 Å². The van der Waals surface area contributed by atoms with Crippen molar-refractivity contribution in [1.29, 1.82) is 0 Å². The third kappa shape index (κ3) is 6.88. The zero-order valence-corrected chi connectivity index (χ0v) is 13.2. The number of allylic oxidation sites excluding steroid dienone is 2. The molecule has 1 aliphatic carbocycles. The van der Waals surface area contributed by atoms with Crippen molar-refractivity contribution in [2.75, 3.05) is 0 Å². The van der Waals surface area contributed by atoms with Gasteiger partial charge < -0.3 is 4.74 Å². The van der Waals surface area contributed by atoms with Crippen molar-refractivity contribution in [2.24, 2.45) is 5.41 Å². The van der Waals surface area contributed by atoms with Crippen LogP contribution in [-0.2, 0) is 14.3 Å². The molecule has 3 nitrogen and oxygen atoms in total. The number of rotatable bonds is 8. The number of hydrogen-bond acceptors (Lipinski definition) is 3. The molecule has 0 spiro atoms. The maximum Gasteiger partial charge on any atom is 0.318 e. The SMILES string of the molecule is CCCCC(C)(C)CC(=O)CC(=O)OC1=CCCCC1. The van der Waals surface area contributed by atoms with E-state index in [0.717, 1.165) is 50.7 Å². The third-order valence-corrected chi connectivity index (χ3v) is 3.72. The second kappa shape index (κ2) is 8.23. The van der Waals surface area contributed by atoms with Crippen LogP contribution in [-0.4, -0.2) is 11.8 Å². The van der Waals surface area contributed by atoms with Crippen LogP contribution < -0.4 is 0 Å². The summed E-state index contributed by atoms with van der Waals surface area (Å²) in [6.07, 6.45) is 9.64. The molecule has 1 aliphatic rings. The van der Waals surface area contributed by atoms with Gasteiger partial charge in [0.25, 0.3) is 0 Å². The minimum Gasteiger partial charge on any atom is -0.431 e. The highest BCUT2D eigenvalue weighted by Crippen LogP contribution is 2.28. The molecule has 0 aliphatic heterocycles. The number of carbonyl (C=O) groups excluding carboxylic acids is 2. The summed E-state index contributed by atoms with van der Waals surface area (Å²) in [6.45, 7) is 6.33. The average Bonchev–Trinajstić information content (AvgIpc) is 2.36. The van der Waals surface area contributed by atoms with Gasteiger partial charge in [-0.2, -0.15) is 0 Å². The van der Waals surface area contributed by atoms with Crippen LogP contribution in [0, 0.1) is 5.41 Å². The third-order valence-electron chi connectivity index (χ3n) is 3.72. The first-order chi connectivity index (χ1) is 9.43. The molecule has 0 aromatic rings. The highest BCUT2D eigenvalue weighted by Gasteiger charge is 2.23. The van der Waals surface area contributed by atoms with Gasteiger partial charge in [0.15, 0.2) is 0 Å². The normalized spacial score (nSPS) is 15.7. The van der Waals surface area contributed by atoms with Crippen LogP contribution >= 0.6 is 0 Å². The molecule has 0 saturated carbocycles. The van der Waals surface area contributed by atoms with Crippen molar-refractivity contribution in [3.8, 4) is 0 Å². The first-order valence-corrected chi connectivity index (χ1v) is 7.84. The summed E-state index contributed by atoms with van der Waals surface area (Å²) in [4.78, 5) is 23.7. The first-order valence-electron chi connectivity index (χ1n) is 7.84. The number of unbranched alkanes of at least 4 members (excludes halogenated alkanes) is 1. The van der Waals surface area contributed by atoms with Gasteiger partial charge in [-0.3, -0.25) is 9.59 Å². The summed E-state index contributed by atoms with van der Waals surface area (Å²) < 4.78 is 5.26. The van der Waals surface area contributed by atoms with Crippen LogP contribution in [0.5, 0.6) is 0 Å². The molecule has 0 radical (unpaired) electrons. The van der Waals surface area contributed by atoms with Crippen molar-refractivity contribution in [3.05, 3.63) is 11.8 Å². The Morgan fingerprint density at radius 2 is 2.05 bits per heavy atom. The molecule has 0 fully saturated rings. The molecule has 114 valence electrons. The Morgan fingerprint density at radius 3 is 2.65 bits per heavy atom. The summed E-state index contributed by atoms with van der Waals surface area (Å²) in [5.41, 5.74) is -0.0164. The lowest BCUT2D eigenvalue weighted by molar-refractivity contribution is -0.143. The van der Waals surface area contributed by atoms with Gasteiger partial charge in [0.1, 0.15) is 18.0 Å². The molecule has 0 aromatic carbocycles. The fourth-order valence-corrected chi connectivity index (χ4v) is 2.58. The Hall–Kier alpha value is -1.12. The van der Waals surface area contributed by atoms with E-state index in [-0.39, 0.29) is 17.6 Å². The van der Waals surface area contributed by atoms with Crippen molar-refractivity contribution in [3.63, 3.8) is 0 Å². The zero-order chi connectivity index (χ0) is 15.0. The zero-order valence-electron chi connectivity index (χ0n) is 13.2. The van der Waals surface area contributed by atoms with Gasteiger partial charge in [-0.15, -0.1) is 0 Å².